The van der Waals surface area contributed by atoms with Gasteiger partial charge in [-0.25, -0.2) is 14.8 Å². The van der Waals surface area contributed by atoms with Crippen molar-refractivity contribution in [3.63, 3.8) is 0 Å². The Morgan fingerprint density at radius 3 is 2.47 bits per heavy atom. The van der Waals surface area contributed by atoms with Gasteiger partial charge < -0.3 is 24.7 Å². The summed E-state index contributed by atoms with van der Waals surface area (Å²) in [6, 6.07) is 3.70. The van der Waals surface area contributed by atoms with E-state index in [0.29, 0.717) is 49.3 Å². The number of anilines is 1. The zero-order valence-electron chi connectivity index (χ0n) is 21.1. The van der Waals surface area contributed by atoms with Gasteiger partial charge >= 0.3 is 6.09 Å². The molecule has 1 aliphatic heterocycles. The Morgan fingerprint density at radius 2 is 1.88 bits per heavy atom. The van der Waals surface area contributed by atoms with Crippen LogP contribution < -0.4 is 10.6 Å². The highest BCUT2D eigenvalue weighted by molar-refractivity contribution is 5.98. The molecule has 9 nitrogen and oxygen atoms in total. The number of furan rings is 1. The first-order chi connectivity index (χ1) is 15.9. The van der Waals surface area contributed by atoms with E-state index in [1.54, 1.807) is 12.5 Å². The van der Waals surface area contributed by atoms with Gasteiger partial charge in [0, 0.05) is 31.2 Å². The van der Waals surface area contributed by atoms with E-state index in [0.717, 1.165) is 18.6 Å². The average molecular weight is 472 g/mol. The molecule has 0 atom stereocenters. The number of amides is 2. The van der Waals surface area contributed by atoms with Crippen LogP contribution >= 0.6 is 0 Å². The zero-order valence-corrected chi connectivity index (χ0v) is 21.1. The maximum absolute atomic E-state index is 13.4. The first kappa shape index (κ1) is 25.5. The van der Waals surface area contributed by atoms with Crippen molar-refractivity contribution in [2.45, 2.75) is 71.9 Å². The molecule has 0 radical (unpaired) electrons. The quantitative estimate of drug-likeness (QED) is 0.644. The monoisotopic (exact) mass is 471 g/mol. The molecule has 9 heteroatoms. The summed E-state index contributed by atoms with van der Waals surface area (Å²) >= 11 is 0. The number of carbonyl (C=O) groups is 2. The smallest absolute Gasteiger partial charge is 0.407 e. The van der Waals surface area contributed by atoms with E-state index in [1.807, 2.05) is 58.6 Å². The lowest BCUT2D eigenvalue weighted by Gasteiger charge is -2.32. The van der Waals surface area contributed by atoms with Gasteiger partial charge in [-0.2, -0.15) is 0 Å². The van der Waals surface area contributed by atoms with Crippen LogP contribution in [0.25, 0.3) is 0 Å². The normalized spacial score (nSPS) is 15.2. The molecule has 3 rings (SSSR count). The predicted molar refractivity (Wildman–Crippen MR) is 130 cm³/mol. The number of nitrogens with one attached hydrogen (secondary N) is 2. The summed E-state index contributed by atoms with van der Waals surface area (Å²) in [5, 5.41) is 6.10. The van der Waals surface area contributed by atoms with E-state index in [4.69, 9.17) is 9.15 Å². The van der Waals surface area contributed by atoms with Crippen molar-refractivity contribution in [1.82, 2.24) is 20.2 Å². The number of carbonyl (C=O) groups excluding carboxylic acids is 2. The zero-order chi connectivity index (χ0) is 24.9. The third-order valence-corrected chi connectivity index (χ3v) is 5.54. The summed E-state index contributed by atoms with van der Waals surface area (Å²) in [4.78, 5) is 36.3. The lowest BCUT2D eigenvalue weighted by Crippen LogP contribution is -2.42. The molecule has 0 unspecified atom stereocenters. The second-order valence-electron chi connectivity index (χ2n) is 10.8. The minimum Gasteiger partial charge on any atom is -0.467 e. The molecule has 2 aromatic heterocycles. The molecular formula is C25H37N5O4. The summed E-state index contributed by atoms with van der Waals surface area (Å²) in [6.07, 6.45) is 4.44. The highest BCUT2D eigenvalue weighted by atomic mass is 16.6. The highest BCUT2D eigenvalue weighted by Gasteiger charge is 2.28. The first-order valence-electron chi connectivity index (χ1n) is 11.8. The van der Waals surface area contributed by atoms with Crippen LogP contribution in [0.3, 0.4) is 0 Å². The Kier molecular flexibility index (Phi) is 7.84. The lowest BCUT2D eigenvalue weighted by atomic mass is 9.95. The van der Waals surface area contributed by atoms with E-state index in [-0.39, 0.29) is 11.3 Å². The molecule has 1 saturated heterocycles. The average Bonchev–Trinajstić information content (AvgIpc) is 3.28. The van der Waals surface area contributed by atoms with Gasteiger partial charge in [-0.3, -0.25) is 4.79 Å². The van der Waals surface area contributed by atoms with Crippen LogP contribution in [0.1, 0.15) is 76.3 Å². The summed E-state index contributed by atoms with van der Waals surface area (Å²) in [5.74, 6) is 2.13. The maximum atomic E-state index is 13.4. The van der Waals surface area contributed by atoms with Crippen LogP contribution in [0.4, 0.5) is 10.6 Å². The van der Waals surface area contributed by atoms with E-state index >= 15 is 0 Å². The van der Waals surface area contributed by atoms with Gasteiger partial charge in [0.2, 0.25) is 0 Å². The number of likely N-dealkylation sites (tertiary alicyclic amines) is 1. The Labute approximate surface area is 201 Å². The van der Waals surface area contributed by atoms with Crippen molar-refractivity contribution in [2.24, 2.45) is 5.92 Å². The number of alkyl carbamates (subject to hydrolysis) is 1. The summed E-state index contributed by atoms with van der Waals surface area (Å²) in [6.45, 7) is 13.8. The summed E-state index contributed by atoms with van der Waals surface area (Å²) in [7, 11) is 0. The molecule has 1 fully saturated rings. The number of ether oxygens (including phenoxy) is 1. The molecule has 186 valence electrons. The molecule has 2 N–H and O–H groups in total. The van der Waals surface area contributed by atoms with Crippen LogP contribution in [0.2, 0.25) is 0 Å². The van der Waals surface area contributed by atoms with Crippen molar-refractivity contribution in [3.8, 4) is 0 Å². The van der Waals surface area contributed by atoms with Crippen LogP contribution in [-0.2, 0) is 16.7 Å². The molecule has 0 aliphatic carbocycles. The number of nitrogens with zero attached hydrogens (tertiary/aromatic N) is 3. The summed E-state index contributed by atoms with van der Waals surface area (Å²) in [5.41, 5.74) is -0.320. The van der Waals surface area contributed by atoms with Crippen LogP contribution in [0, 0.1) is 5.92 Å². The fraction of sp³-hybridized carbons (Fsp3) is 0.600. The van der Waals surface area contributed by atoms with Gasteiger partial charge in [-0.1, -0.05) is 20.8 Å². The van der Waals surface area contributed by atoms with Gasteiger partial charge in [0.25, 0.3) is 5.91 Å². The predicted octanol–water partition coefficient (Wildman–Crippen LogP) is 4.36. The lowest BCUT2D eigenvalue weighted by molar-refractivity contribution is 0.0500. The number of hydrogen-bond donors (Lipinski definition) is 2. The molecule has 34 heavy (non-hydrogen) atoms. The molecule has 0 bridgehead atoms. The second-order valence-corrected chi connectivity index (χ2v) is 10.8. The molecule has 0 spiro atoms. The van der Waals surface area contributed by atoms with Gasteiger partial charge in [-0.15, -0.1) is 0 Å². The van der Waals surface area contributed by atoms with Crippen molar-refractivity contribution in [1.29, 1.82) is 0 Å². The molecule has 2 aromatic rings. The van der Waals surface area contributed by atoms with Crippen molar-refractivity contribution in [3.05, 3.63) is 41.7 Å². The maximum Gasteiger partial charge on any atom is 0.407 e. The van der Waals surface area contributed by atoms with Crippen molar-refractivity contribution in [2.75, 3.05) is 25.0 Å². The standard InChI is InChI=1S/C25H37N5O4/c1-24(2,3)22-27-16-19(20(29-22)26-15-18-8-7-13-33-18)21(31)30-11-9-17(10-12-30)14-28-23(32)34-25(4,5)6/h7-8,13,16-17H,9-12,14-15H2,1-6H3,(H,28,32)(H,26,27,29). The van der Waals surface area contributed by atoms with Gasteiger partial charge in [-0.05, 0) is 51.7 Å². The fourth-order valence-electron chi connectivity index (χ4n) is 3.67. The largest absolute Gasteiger partial charge is 0.467 e. The number of hydrogen-bond acceptors (Lipinski definition) is 7. The minimum atomic E-state index is -0.521. The molecular weight excluding hydrogens is 434 g/mol. The number of aromatic nitrogens is 2. The van der Waals surface area contributed by atoms with E-state index < -0.39 is 11.7 Å². The van der Waals surface area contributed by atoms with E-state index in [9.17, 15) is 9.59 Å². The highest BCUT2D eigenvalue weighted by Crippen LogP contribution is 2.25. The fourth-order valence-corrected chi connectivity index (χ4v) is 3.67. The minimum absolute atomic E-state index is 0.0963. The molecule has 0 saturated carbocycles. The van der Waals surface area contributed by atoms with E-state index in [1.165, 1.54) is 0 Å². The topological polar surface area (TPSA) is 110 Å². The molecule has 0 aromatic carbocycles. The Hall–Kier alpha value is -3.10. The Bertz CT molecular complexity index is 968. The molecule has 2 amide bonds. The number of rotatable bonds is 6. The molecule has 3 heterocycles. The third kappa shape index (κ3) is 7.20. The van der Waals surface area contributed by atoms with Gasteiger partial charge in [0.1, 0.15) is 28.6 Å². The second kappa shape index (κ2) is 10.4. The van der Waals surface area contributed by atoms with Crippen molar-refractivity contribution < 1.29 is 18.7 Å². The summed E-state index contributed by atoms with van der Waals surface area (Å²) < 4.78 is 10.7. The van der Waals surface area contributed by atoms with Crippen LogP contribution in [-0.4, -0.2) is 52.1 Å². The Morgan fingerprint density at radius 1 is 1.18 bits per heavy atom. The SMILES string of the molecule is CC(C)(C)OC(=O)NCC1CCN(C(=O)c2cnc(C(C)(C)C)nc2NCc2ccco2)CC1. The van der Waals surface area contributed by atoms with Crippen LogP contribution in [0.5, 0.6) is 0 Å². The number of piperidine rings is 1. The molecule has 1 aliphatic rings. The van der Waals surface area contributed by atoms with Gasteiger partial charge in [0.05, 0.1) is 12.8 Å². The van der Waals surface area contributed by atoms with Crippen LogP contribution in [0.15, 0.2) is 29.0 Å². The Balaban J connectivity index is 1.63. The van der Waals surface area contributed by atoms with Gasteiger partial charge in [0.15, 0.2) is 0 Å². The van der Waals surface area contributed by atoms with Crippen molar-refractivity contribution >= 4 is 17.8 Å². The first-order valence-corrected chi connectivity index (χ1v) is 11.8. The third-order valence-electron chi connectivity index (χ3n) is 5.54. The van der Waals surface area contributed by atoms with E-state index in [2.05, 4.69) is 20.6 Å².